The van der Waals surface area contributed by atoms with Gasteiger partial charge in [0, 0.05) is 110 Å². The highest BCUT2D eigenvalue weighted by Crippen LogP contribution is 2.47. The van der Waals surface area contributed by atoms with E-state index in [1.165, 1.54) is 0 Å². The number of rotatable bonds is 33. The van der Waals surface area contributed by atoms with Gasteiger partial charge < -0.3 is 74.1 Å². The summed E-state index contributed by atoms with van der Waals surface area (Å²) < 4.78 is 47.6. The molecule has 0 saturated carbocycles. The molecule has 1 atom stereocenters. The Labute approximate surface area is 573 Å². The van der Waals surface area contributed by atoms with Crippen molar-refractivity contribution in [3.8, 4) is 39.6 Å². The van der Waals surface area contributed by atoms with Crippen LogP contribution in [0.15, 0.2) is 54.6 Å². The molecule has 532 valence electrons. The summed E-state index contributed by atoms with van der Waals surface area (Å²) in [6, 6.07) is 15.0. The molecule has 4 amide bonds. The third kappa shape index (κ3) is 24.7. The van der Waals surface area contributed by atoms with Crippen LogP contribution in [0, 0.1) is 0 Å². The lowest BCUT2D eigenvalue weighted by Gasteiger charge is -2.41. The second kappa shape index (κ2) is 37.4. The van der Waals surface area contributed by atoms with Crippen molar-refractivity contribution in [1.82, 2.24) is 44.9 Å². The molecule has 7 rings (SSSR count). The van der Waals surface area contributed by atoms with E-state index in [0.29, 0.717) is 75.1 Å². The van der Waals surface area contributed by atoms with Crippen LogP contribution in [-0.2, 0) is 68.6 Å². The van der Waals surface area contributed by atoms with Gasteiger partial charge >= 0.3 is 23.9 Å². The van der Waals surface area contributed by atoms with E-state index in [1.807, 2.05) is 38.1 Å². The third-order valence-electron chi connectivity index (χ3n) is 15.8. The van der Waals surface area contributed by atoms with Crippen LogP contribution in [0.4, 0.5) is 5.69 Å². The number of carboxylic acid groups (broad SMARTS) is 3. The summed E-state index contributed by atoms with van der Waals surface area (Å²) >= 11 is 13.0. The maximum atomic E-state index is 14.4. The van der Waals surface area contributed by atoms with E-state index in [2.05, 4.69) is 16.0 Å². The fraction of sp³-hybridized carbons (Fsp3) is 0.561. The van der Waals surface area contributed by atoms with E-state index in [0.717, 1.165) is 5.56 Å². The van der Waals surface area contributed by atoms with Crippen molar-refractivity contribution in [1.29, 1.82) is 0 Å². The highest BCUT2D eigenvalue weighted by molar-refractivity contribution is 6.35. The Bertz CT molecular complexity index is 3310. The lowest BCUT2D eigenvalue weighted by Crippen LogP contribution is -2.55. The number of esters is 1. The van der Waals surface area contributed by atoms with Crippen molar-refractivity contribution in [2.24, 2.45) is 0 Å². The van der Waals surface area contributed by atoms with Crippen molar-refractivity contribution < 1.29 is 91.6 Å². The van der Waals surface area contributed by atoms with Gasteiger partial charge in [0.15, 0.2) is 5.69 Å². The quantitative estimate of drug-likeness (QED) is 0.0287. The Morgan fingerprint density at radius 3 is 1.77 bits per heavy atom. The van der Waals surface area contributed by atoms with Crippen LogP contribution < -0.4 is 25.4 Å². The largest absolute Gasteiger partial charge is 0.496 e. The van der Waals surface area contributed by atoms with Gasteiger partial charge in [-0.25, -0.2) is 4.68 Å². The van der Waals surface area contributed by atoms with E-state index in [4.69, 9.17) is 66.2 Å². The second-order valence-corrected chi connectivity index (χ2v) is 25.9. The number of anilines is 1. The Kier molecular flexibility index (Phi) is 29.6. The SMILES string of the molecule is COc1cc2c(cc1-c1cccc(NC(=O)CCOCCOCCOCCOCCNC(=O)[C@@H](CCC(=O)OC(C)(C)C)NC(=O)CN3CCN(CC(=O)O)CCN(CC(=O)O)CCN(CC(=O)O)CC3)c1)-c1c(c(C(=O)N3CCOCC3(C)C)nn1-c1cc(Cl)cc(Cl)c1)CO2. The zero-order chi connectivity index (χ0) is 70.2. The predicted molar refractivity (Wildman–Crippen MR) is 356 cm³/mol. The molecule has 0 unspecified atom stereocenters. The van der Waals surface area contributed by atoms with E-state index < -0.39 is 52.9 Å². The Hall–Kier alpha value is -7.55. The van der Waals surface area contributed by atoms with Gasteiger partial charge in [-0.05, 0) is 83.0 Å². The lowest BCUT2D eigenvalue weighted by molar-refractivity contribution is -0.155. The average molecular weight is 1400 g/mol. The summed E-state index contributed by atoms with van der Waals surface area (Å²) in [5.41, 5.74) is 3.22. The minimum Gasteiger partial charge on any atom is -0.496 e. The first-order valence-electron chi connectivity index (χ1n) is 32.1. The molecule has 3 aromatic carbocycles. The highest BCUT2D eigenvalue weighted by atomic mass is 35.5. The molecule has 97 heavy (non-hydrogen) atoms. The first-order valence-corrected chi connectivity index (χ1v) is 32.9. The van der Waals surface area contributed by atoms with Gasteiger partial charge in [0.05, 0.1) is 123 Å². The van der Waals surface area contributed by atoms with Crippen molar-refractivity contribution >= 4 is 76.4 Å². The fourth-order valence-electron chi connectivity index (χ4n) is 11.1. The summed E-state index contributed by atoms with van der Waals surface area (Å²) in [4.78, 5) is 111. The summed E-state index contributed by atoms with van der Waals surface area (Å²) in [6.07, 6.45) is -0.204. The molecule has 29 nitrogen and oxygen atoms in total. The summed E-state index contributed by atoms with van der Waals surface area (Å²) in [7, 11) is 1.56. The molecule has 0 bridgehead atoms. The molecule has 6 N–H and O–H groups in total. The molecule has 3 aliphatic heterocycles. The van der Waals surface area contributed by atoms with Crippen molar-refractivity contribution in [3.63, 3.8) is 0 Å². The number of hydrogen-bond donors (Lipinski definition) is 6. The third-order valence-corrected chi connectivity index (χ3v) is 16.2. The molecular formula is C66H90Cl2N10O19. The molecule has 1 aromatic heterocycles. The topological polar surface area (TPSA) is 341 Å². The number of carboxylic acids is 3. The molecule has 0 spiro atoms. The standard InChI is InChI=1S/C66H90Cl2N10O19/c1-65(2,3)97-60(87)11-10-52(71-56(80)38-73-14-16-74(39-57(81)82)18-20-76(41-59(85)86)21-19-75(17-15-73)40-58(83)84)63(88)69-13-24-92-27-29-94-31-30-93-28-26-91-23-12-55(79)70-47-9-7-8-44(32-47)49-36-50-54(37-53(49)90-6)96-42-51-61(64(89)77-22-25-95-43-66(77,4)5)72-78(62(50)51)48-34-45(67)33-46(68)35-48/h7-9,32-37,52H,10-31,38-43H2,1-6H3,(H,69,88)(H,70,79)(H,71,80)(H,81,82)(H,83,84)(H,85,86)/t52-/m1/s1. The molecule has 4 heterocycles. The number of nitrogens with zero attached hydrogens (tertiary/aromatic N) is 7. The molecule has 2 fully saturated rings. The zero-order valence-electron chi connectivity index (χ0n) is 55.8. The number of aliphatic carboxylic acids is 3. The van der Waals surface area contributed by atoms with E-state index in [1.54, 1.807) is 87.4 Å². The number of amides is 4. The molecule has 4 aromatic rings. The van der Waals surface area contributed by atoms with Gasteiger partial charge in [0.2, 0.25) is 17.7 Å². The van der Waals surface area contributed by atoms with E-state index in [9.17, 15) is 53.7 Å². The summed E-state index contributed by atoms with van der Waals surface area (Å²) in [5, 5.41) is 42.8. The second-order valence-electron chi connectivity index (χ2n) is 25.0. The Morgan fingerprint density at radius 1 is 0.670 bits per heavy atom. The van der Waals surface area contributed by atoms with Crippen LogP contribution in [0.25, 0.3) is 28.1 Å². The Morgan fingerprint density at radius 2 is 1.23 bits per heavy atom. The van der Waals surface area contributed by atoms with Gasteiger partial charge in [0.1, 0.15) is 29.7 Å². The first kappa shape index (κ1) is 76.8. The summed E-state index contributed by atoms with van der Waals surface area (Å²) in [5.74, 6) is -4.47. The van der Waals surface area contributed by atoms with Crippen LogP contribution in [0.1, 0.15) is 69.9 Å². The van der Waals surface area contributed by atoms with Crippen LogP contribution in [0.3, 0.4) is 0 Å². The number of nitrogens with one attached hydrogen (secondary N) is 3. The zero-order valence-corrected chi connectivity index (χ0v) is 57.3. The van der Waals surface area contributed by atoms with Crippen molar-refractivity contribution in [3.05, 3.63) is 75.9 Å². The predicted octanol–water partition coefficient (Wildman–Crippen LogP) is 4.26. The smallest absolute Gasteiger partial charge is 0.317 e. The molecule has 2 saturated heterocycles. The number of ether oxygens (including phenoxy) is 8. The maximum absolute atomic E-state index is 14.4. The van der Waals surface area contributed by atoms with Crippen LogP contribution in [-0.4, -0.2) is 279 Å². The maximum Gasteiger partial charge on any atom is 0.317 e. The average Bonchev–Trinajstić information content (AvgIpc) is 1.63. The minimum atomic E-state index is -1.15. The van der Waals surface area contributed by atoms with Crippen LogP contribution in [0.2, 0.25) is 10.0 Å². The number of fused-ring (bicyclic) bond motifs is 3. The van der Waals surface area contributed by atoms with E-state index >= 15 is 0 Å². The van der Waals surface area contributed by atoms with E-state index in [-0.39, 0.29) is 181 Å². The fourth-order valence-corrected chi connectivity index (χ4v) is 11.6. The van der Waals surface area contributed by atoms with Crippen LogP contribution >= 0.6 is 23.2 Å². The van der Waals surface area contributed by atoms with Gasteiger partial charge in [-0.2, -0.15) is 5.10 Å². The van der Waals surface area contributed by atoms with Gasteiger partial charge in [-0.3, -0.25) is 58.0 Å². The number of benzene rings is 3. The number of morpholine rings is 1. The van der Waals surface area contributed by atoms with Gasteiger partial charge in [-0.1, -0.05) is 35.3 Å². The molecule has 31 heteroatoms. The Balaban J connectivity index is 0.819. The van der Waals surface area contributed by atoms with Crippen molar-refractivity contribution in [2.45, 2.75) is 77.7 Å². The number of carbonyl (C=O) groups is 8. The molecule has 3 aliphatic rings. The monoisotopic (exact) mass is 1400 g/mol. The first-order chi connectivity index (χ1) is 46.2. The number of aromatic nitrogens is 2. The summed E-state index contributed by atoms with van der Waals surface area (Å²) in [6.45, 7) is 12.3. The molecule has 0 aliphatic carbocycles. The molecular weight excluding hydrogens is 1310 g/mol. The molecule has 0 radical (unpaired) electrons. The van der Waals surface area contributed by atoms with Crippen LogP contribution in [0.5, 0.6) is 11.5 Å². The van der Waals surface area contributed by atoms with Crippen molar-refractivity contribution in [2.75, 3.05) is 170 Å². The minimum absolute atomic E-state index is 0.0596. The lowest BCUT2D eigenvalue weighted by atomic mass is 9.95. The number of hydrogen-bond acceptors (Lipinski definition) is 21. The number of methoxy groups -OCH3 is 1. The number of halogens is 2. The highest BCUT2D eigenvalue weighted by Gasteiger charge is 2.40. The van der Waals surface area contributed by atoms with Gasteiger partial charge in [-0.15, -0.1) is 0 Å². The van der Waals surface area contributed by atoms with Gasteiger partial charge in [0.25, 0.3) is 5.91 Å². The normalized spacial score (nSPS) is 16.1. The number of carbonyl (C=O) groups excluding carboxylic acids is 5.